The number of rotatable bonds is 2. The van der Waals surface area contributed by atoms with Gasteiger partial charge in [-0.05, 0) is 30.8 Å². The van der Waals surface area contributed by atoms with Gasteiger partial charge in [0.1, 0.15) is 0 Å². The molecule has 1 aromatic carbocycles. The highest BCUT2D eigenvalue weighted by molar-refractivity contribution is 5.89. The third-order valence-corrected chi connectivity index (χ3v) is 4.80. The van der Waals surface area contributed by atoms with Gasteiger partial charge in [0.2, 0.25) is 0 Å². The molecule has 0 bridgehead atoms. The van der Waals surface area contributed by atoms with Crippen molar-refractivity contribution in [3.63, 3.8) is 0 Å². The van der Waals surface area contributed by atoms with Crippen molar-refractivity contribution in [2.45, 2.75) is 12.6 Å². The molecule has 142 valence electrons. The zero-order valence-corrected chi connectivity index (χ0v) is 15.2. The van der Waals surface area contributed by atoms with Gasteiger partial charge in [0.05, 0.1) is 6.04 Å². The zero-order valence-electron chi connectivity index (χ0n) is 15.2. The Hall–Kier alpha value is -3.06. The first-order valence-electron chi connectivity index (χ1n) is 8.78. The number of fused-ring (bicyclic) bond motifs is 5. The van der Waals surface area contributed by atoms with E-state index >= 15 is 0 Å². The molecule has 2 aromatic rings. The van der Waals surface area contributed by atoms with E-state index in [2.05, 4.69) is 64.0 Å². The summed E-state index contributed by atoms with van der Waals surface area (Å²) in [6.45, 7) is 4.36. The molecular formula is C20H23N3O4. The Bertz CT molecular complexity index is 842. The van der Waals surface area contributed by atoms with Gasteiger partial charge in [-0.15, -0.1) is 0 Å². The monoisotopic (exact) mass is 369 g/mol. The highest BCUT2D eigenvalue weighted by atomic mass is 16.4. The summed E-state index contributed by atoms with van der Waals surface area (Å²) in [4.78, 5) is 24.1. The molecule has 3 heterocycles. The SMILES string of the molecule is CN1CCN2c3ccccc3Cn3cccc3C2C1.O=C(O)C=CC(=O)O. The van der Waals surface area contributed by atoms with Crippen LogP contribution in [0.1, 0.15) is 17.3 Å². The van der Waals surface area contributed by atoms with Crippen LogP contribution < -0.4 is 4.90 Å². The lowest BCUT2D eigenvalue weighted by Crippen LogP contribution is -2.47. The van der Waals surface area contributed by atoms with Gasteiger partial charge in [-0.2, -0.15) is 0 Å². The molecule has 2 aliphatic rings. The molecule has 1 fully saturated rings. The molecule has 0 amide bonds. The molecule has 1 atom stereocenters. The highest BCUT2D eigenvalue weighted by Crippen LogP contribution is 2.36. The molecule has 2 N–H and O–H groups in total. The van der Waals surface area contributed by atoms with Crippen LogP contribution in [-0.4, -0.2) is 58.3 Å². The quantitative estimate of drug-likeness (QED) is 0.788. The second-order valence-corrected chi connectivity index (χ2v) is 6.67. The Morgan fingerprint density at radius 3 is 2.44 bits per heavy atom. The van der Waals surface area contributed by atoms with Crippen molar-refractivity contribution in [1.29, 1.82) is 0 Å². The standard InChI is InChI=1S/C16H19N3.C4H4O4/c1-17-9-10-19-14-6-3-2-5-13(14)11-18-8-4-7-15(18)16(19)12-17;5-3(6)1-2-4(7)8/h2-8,16H,9-12H2,1H3;1-2H,(H,5,6)(H,7,8). The smallest absolute Gasteiger partial charge is 0.328 e. The van der Waals surface area contributed by atoms with Crippen LogP contribution in [0.25, 0.3) is 0 Å². The maximum atomic E-state index is 9.55. The predicted octanol–water partition coefficient (Wildman–Crippen LogP) is 2.05. The van der Waals surface area contributed by atoms with Crippen molar-refractivity contribution < 1.29 is 19.8 Å². The molecular weight excluding hydrogens is 346 g/mol. The third-order valence-electron chi connectivity index (χ3n) is 4.80. The minimum atomic E-state index is -1.26. The average molecular weight is 369 g/mol. The number of aromatic nitrogens is 1. The summed E-state index contributed by atoms with van der Waals surface area (Å²) in [6.07, 6.45) is 3.33. The summed E-state index contributed by atoms with van der Waals surface area (Å²) in [5.41, 5.74) is 4.30. The molecule has 0 saturated carbocycles. The lowest BCUT2D eigenvalue weighted by molar-refractivity contribution is -0.134. The molecule has 7 nitrogen and oxygen atoms in total. The van der Waals surface area contributed by atoms with Crippen molar-refractivity contribution in [3.05, 3.63) is 66.0 Å². The van der Waals surface area contributed by atoms with E-state index < -0.39 is 11.9 Å². The van der Waals surface area contributed by atoms with E-state index in [1.54, 1.807) is 0 Å². The van der Waals surface area contributed by atoms with Crippen molar-refractivity contribution in [3.8, 4) is 0 Å². The number of nitrogens with zero attached hydrogens (tertiary/aromatic N) is 3. The van der Waals surface area contributed by atoms with Crippen LogP contribution in [0.3, 0.4) is 0 Å². The summed E-state index contributed by atoms with van der Waals surface area (Å²) in [7, 11) is 2.22. The first-order valence-corrected chi connectivity index (χ1v) is 8.78. The molecule has 1 aromatic heterocycles. The Kier molecular flexibility index (Phi) is 5.61. The molecule has 7 heteroatoms. The Morgan fingerprint density at radius 1 is 1.04 bits per heavy atom. The fraction of sp³-hybridized carbons (Fsp3) is 0.300. The first kappa shape index (κ1) is 18.7. The number of anilines is 1. The van der Waals surface area contributed by atoms with Crippen LogP contribution in [0.2, 0.25) is 0 Å². The van der Waals surface area contributed by atoms with Crippen molar-refractivity contribution in [2.75, 3.05) is 31.6 Å². The average Bonchev–Trinajstić information content (AvgIpc) is 3.04. The number of carboxylic acids is 2. The maximum Gasteiger partial charge on any atom is 0.328 e. The van der Waals surface area contributed by atoms with Gasteiger partial charge >= 0.3 is 11.9 Å². The fourth-order valence-corrected chi connectivity index (χ4v) is 3.59. The number of likely N-dealkylation sites (N-methyl/N-ethyl adjacent to an activating group) is 1. The number of carbonyl (C=O) groups is 2. The van der Waals surface area contributed by atoms with Crippen molar-refractivity contribution in [2.24, 2.45) is 0 Å². The molecule has 1 saturated heterocycles. The lowest BCUT2D eigenvalue weighted by Gasteiger charge is -2.41. The maximum absolute atomic E-state index is 9.55. The molecule has 1 unspecified atom stereocenters. The number of benzene rings is 1. The summed E-state index contributed by atoms with van der Waals surface area (Å²) in [6, 6.07) is 13.8. The van der Waals surface area contributed by atoms with E-state index in [4.69, 9.17) is 10.2 Å². The van der Waals surface area contributed by atoms with Gasteiger partial charge in [-0.1, -0.05) is 18.2 Å². The van der Waals surface area contributed by atoms with Crippen molar-refractivity contribution in [1.82, 2.24) is 9.47 Å². The third kappa shape index (κ3) is 4.38. The van der Waals surface area contributed by atoms with Crippen molar-refractivity contribution >= 4 is 17.6 Å². The first-order chi connectivity index (χ1) is 13.0. The molecule has 2 aliphatic heterocycles. The van der Waals surface area contributed by atoms with E-state index in [-0.39, 0.29) is 0 Å². The highest BCUT2D eigenvalue weighted by Gasteiger charge is 2.31. The molecule has 0 radical (unpaired) electrons. The van der Waals surface area contributed by atoms with E-state index in [0.717, 1.165) is 26.2 Å². The topological polar surface area (TPSA) is 86.0 Å². The van der Waals surface area contributed by atoms with Crippen LogP contribution >= 0.6 is 0 Å². The Morgan fingerprint density at radius 2 is 1.74 bits per heavy atom. The van der Waals surface area contributed by atoms with E-state index in [1.165, 1.54) is 16.9 Å². The van der Waals surface area contributed by atoms with Gasteiger partial charge in [0, 0.05) is 55.9 Å². The number of carboxylic acid groups (broad SMARTS) is 2. The van der Waals surface area contributed by atoms with Crippen LogP contribution in [0.4, 0.5) is 5.69 Å². The number of para-hydroxylation sites is 1. The Balaban J connectivity index is 0.000000226. The molecule has 0 spiro atoms. The van der Waals surface area contributed by atoms with E-state index in [0.29, 0.717) is 18.2 Å². The number of piperazine rings is 1. The number of hydrogen-bond donors (Lipinski definition) is 2. The van der Waals surface area contributed by atoms with Gasteiger partial charge in [0.15, 0.2) is 0 Å². The Labute approximate surface area is 157 Å². The van der Waals surface area contributed by atoms with Crippen LogP contribution in [0.5, 0.6) is 0 Å². The van der Waals surface area contributed by atoms with E-state index in [9.17, 15) is 9.59 Å². The summed E-state index contributed by atoms with van der Waals surface area (Å²) in [5.74, 6) is -2.51. The minimum Gasteiger partial charge on any atom is -0.478 e. The largest absolute Gasteiger partial charge is 0.478 e. The number of aliphatic carboxylic acids is 2. The number of hydrogen-bond acceptors (Lipinski definition) is 4. The van der Waals surface area contributed by atoms with Gasteiger partial charge in [0.25, 0.3) is 0 Å². The van der Waals surface area contributed by atoms with Gasteiger partial charge in [-0.25, -0.2) is 9.59 Å². The molecule has 4 rings (SSSR count). The zero-order chi connectivity index (χ0) is 19.4. The van der Waals surface area contributed by atoms with E-state index in [1.807, 2.05) is 0 Å². The van der Waals surface area contributed by atoms with Crippen LogP contribution in [0.15, 0.2) is 54.7 Å². The van der Waals surface area contributed by atoms with Crippen LogP contribution in [-0.2, 0) is 16.1 Å². The lowest BCUT2D eigenvalue weighted by atomic mass is 10.1. The minimum absolute atomic E-state index is 0.484. The summed E-state index contributed by atoms with van der Waals surface area (Å²) in [5, 5.41) is 15.6. The van der Waals surface area contributed by atoms with Gasteiger partial charge in [-0.3, -0.25) is 0 Å². The summed E-state index contributed by atoms with van der Waals surface area (Å²) < 4.78 is 2.41. The predicted molar refractivity (Wildman–Crippen MR) is 102 cm³/mol. The second kappa shape index (κ2) is 8.09. The van der Waals surface area contributed by atoms with Gasteiger partial charge < -0.3 is 24.6 Å². The fourth-order valence-electron chi connectivity index (χ4n) is 3.59. The summed E-state index contributed by atoms with van der Waals surface area (Å²) >= 11 is 0. The molecule has 0 aliphatic carbocycles. The van der Waals surface area contributed by atoms with Crippen LogP contribution in [0, 0.1) is 0 Å². The second-order valence-electron chi connectivity index (χ2n) is 6.67. The normalized spacial score (nSPS) is 18.6. The molecule has 27 heavy (non-hydrogen) atoms.